The van der Waals surface area contributed by atoms with Gasteiger partial charge in [0.15, 0.2) is 0 Å². The van der Waals surface area contributed by atoms with Crippen LogP contribution in [-0.2, 0) is 4.74 Å². The lowest BCUT2D eigenvalue weighted by atomic mass is 10.0. The molecular weight excluding hydrogens is 316 g/mol. The van der Waals surface area contributed by atoms with E-state index in [2.05, 4.69) is 0 Å². The molecule has 3 rings (SSSR count). The van der Waals surface area contributed by atoms with Crippen molar-refractivity contribution in [2.45, 2.75) is 6.42 Å². The molecule has 0 aliphatic carbocycles. The Morgan fingerprint density at radius 2 is 2.13 bits per heavy atom. The van der Waals surface area contributed by atoms with Crippen molar-refractivity contribution in [3.8, 4) is 16.9 Å². The number of carboxylic acids is 1. The standard InChI is InChI=1S/C18H17ClO4/c19-16-9-13(5-6-15(16)18(20)21)14-3-1-2-4-17(14)23-11-12-7-8-22-10-12/h1-6,9,12H,7-8,10-11H2,(H,20,21). The number of benzene rings is 2. The molecule has 0 bridgehead atoms. The number of carboxylic acid groups (broad SMARTS) is 1. The van der Waals surface area contributed by atoms with Gasteiger partial charge in [0.05, 0.1) is 23.8 Å². The maximum absolute atomic E-state index is 11.1. The van der Waals surface area contributed by atoms with Gasteiger partial charge in [-0.1, -0.05) is 35.9 Å². The number of halogens is 1. The van der Waals surface area contributed by atoms with Crippen LogP contribution in [-0.4, -0.2) is 30.9 Å². The molecule has 23 heavy (non-hydrogen) atoms. The van der Waals surface area contributed by atoms with Gasteiger partial charge in [-0.25, -0.2) is 4.79 Å². The van der Waals surface area contributed by atoms with Crippen LogP contribution in [0.25, 0.3) is 11.1 Å². The van der Waals surface area contributed by atoms with Crippen LogP contribution in [0.15, 0.2) is 42.5 Å². The largest absolute Gasteiger partial charge is 0.493 e. The number of rotatable bonds is 5. The van der Waals surface area contributed by atoms with Gasteiger partial charge in [0.1, 0.15) is 5.75 Å². The van der Waals surface area contributed by atoms with Crippen LogP contribution in [0.1, 0.15) is 16.8 Å². The third kappa shape index (κ3) is 3.66. The van der Waals surface area contributed by atoms with Gasteiger partial charge in [-0.2, -0.15) is 0 Å². The zero-order valence-corrected chi connectivity index (χ0v) is 13.3. The van der Waals surface area contributed by atoms with E-state index in [1.807, 2.05) is 24.3 Å². The molecule has 0 amide bonds. The van der Waals surface area contributed by atoms with Crippen molar-refractivity contribution in [2.24, 2.45) is 5.92 Å². The molecular formula is C18H17ClO4. The van der Waals surface area contributed by atoms with E-state index in [4.69, 9.17) is 26.2 Å². The quantitative estimate of drug-likeness (QED) is 0.894. The third-order valence-electron chi connectivity index (χ3n) is 3.90. The van der Waals surface area contributed by atoms with Gasteiger partial charge in [-0.3, -0.25) is 0 Å². The summed E-state index contributed by atoms with van der Waals surface area (Å²) >= 11 is 6.07. The second-order valence-corrected chi connectivity index (χ2v) is 5.94. The predicted molar refractivity (Wildman–Crippen MR) is 88.3 cm³/mol. The Bertz CT molecular complexity index is 708. The molecule has 0 saturated carbocycles. The molecule has 1 heterocycles. The predicted octanol–water partition coefficient (Wildman–Crippen LogP) is 4.12. The van der Waals surface area contributed by atoms with Crippen molar-refractivity contribution in [2.75, 3.05) is 19.8 Å². The first-order chi connectivity index (χ1) is 11.1. The van der Waals surface area contributed by atoms with E-state index in [9.17, 15) is 4.79 Å². The molecule has 2 aromatic carbocycles. The first-order valence-electron chi connectivity index (χ1n) is 7.48. The Labute approximate surface area is 139 Å². The van der Waals surface area contributed by atoms with E-state index < -0.39 is 5.97 Å². The number of aromatic carboxylic acids is 1. The Balaban J connectivity index is 1.84. The van der Waals surface area contributed by atoms with Gasteiger partial charge in [0.25, 0.3) is 0 Å². The molecule has 4 nitrogen and oxygen atoms in total. The van der Waals surface area contributed by atoms with Gasteiger partial charge in [0.2, 0.25) is 0 Å². The fourth-order valence-corrected chi connectivity index (χ4v) is 2.87. The third-order valence-corrected chi connectivity index (χ3v) is 4.21. The summed E-state index contributed by atoms with van der Waals surface area (Å²) in [5.41, 5.74) is 1.82. The molecule has 1 unspecified atom stereocenters. The van der Waals surface area contributed by atoms with Crippen LogP contribution in [0.5, 0.6) is 5.75 Å². The second-order valence-electron chi connectivity index (χ2n) is 5.54. The summed E-state index contributed by atoms with van der Waals surface area (Å²) in [6.45, 7) is 2.14. The van der Waals surface area contributed by atoms with Gasteiger partial charge >= 0.3 is 5.97 Å². The monoisotopic (exact) mass is 332 g/mol. The smallest absolute Gasteiger partial charge is 0.337 e. The minimum atomic E-state index is -1.03. The van der Waals surface area contributed by atoms with Crippen LogP contribution in [0, 0.1) is 5.92 Å². The minimum Gasteiger partial charge on any atom is -0.493 e. The molecule has 1 aliphatic heterocycles. The minimum absolute atomic E-state index is 0.0944. The first kappa shape index (κ1) is 15.8. The van der Waals surface area contributed by atoms with Crippen LogP contribution in [0.3, 0.4) is 0 Å². The number of ether oxygens (including phenoxy) is 2. The Morgan fingerprint density at radius 3 is 2.83 bits per heavy atom. The van der Waals surface area contributed by atoms with Crippen molar-refractivity contribution in [1.82, 2.24) is 0 Å². The molecule has 1 saturated heterocycles. The summed E-state index contributed by atoms with van der Waals surface area (Å²) < 4.78 is 11.3. The van der Waals surface area contributed by atoms with Gasteiger partial charge in [-0.15, -0.1) is 0 Å². The van der Waals surface area contributed by atoms with Gasteiger partial charge in [0, 0.05) is 18.1 Å². The number of para-hydroxylation sites is 1. The highest BCUT2D eigenvalue weighted by Gasteiger charge is 2.17. The topological polar surface area (TPSA) is 55.8 Å². The molecule has 0 spiro atoms. The highest BCUT2D eigenvalue weighted by Crippen LogP contribution is 2.33. The first-order valence-corrected chi connectivity index (χ1v) is 7.85. The molecule has 1 fully saturated rings. The molecule has 0 radical (unpaired) electrons. The Morgan fingerprint density at radius 1 is 1.30 bits per heavy atom. The molecule has 0 aromatic heterocycles. The molecule has 2 aromatic rings. The van der Waals surface area contributed by atoms with Crippen LogP contribution in [0.4, 0.5) is 0 Å². The lowest BCUT2D eigenvalue weighted by Crippen LogP contribution is -2.12. The summed E-state index contributed by atoms with van der Waals surface area (Å²) in [6, 6.07) is 12.6. The summed E-state index contributed by atoms with van der Waals surface area (Å²) in [7, 11) is 0. The number of carbonyl (C=O) groups is 1. The normalized spacial score (nSPS) is 17.2. The highest BCUT2D eigenvalue weighted by atomic mass is 35.5. The fourth-order valence-electron chi connectivity index (χ4n) is 2.61. The van der Waals surface area contributed by atoms with Crippen LogP contribution >= 0.6 is 11.6 Å². The van der Waals surface area contributed by atoms with Crippen molar-refractivity contribution < 1.29 is 19.4 Å². The SMILES string of the molecule is O=C(O)c1ccc(-c2ccccc2OCC2CCOC2)cc1Cl. The number of hydrogen-bond donors (Lipinski definition) is 1. The lowest BCUT2D eigenvalue weighted by Gasteiger charge is -2.14. The molecule has 1 N–H and O–H groups in total. The van der Waals surface area contributed by atoms with Crippen molar-refractivity contribution in [3.05, 3.63) is 53.1 Å². The maximum Gasteiger partial charge on any atom is 0.337 e. The zero-order valence-electron chi connectivity index (χ0n) is 12.5. The molecule has 5 heteroatoms. The summed E-state index contributed by atoms with van der Waals surface area (Å²) in [5.74, 6) is 0.145. The number of hydrogen-bond acceptors (Lipinski definition) is 3. The maximum atomic E-state index is 11.1. The van der Waals surface area contributed by atoms with Crippen LogP contribution in [0.2, 0.25) is 5.02 Å². The lowest BCUT2D eigenvalue weighted by molar-refractivity contribution is 0.0697. The zero-order chi connectivity index (χ0) is 16.2. The summed E-state index contributed by atoms with van der Waals surface area (Å²) in [6.07, 6.45) is 1.02. The van der Waals surface area contributed by atoms with Crippen LogP contribution < -0.4 is 4.74 Å². The van der Waals surface area contributed by atoms with Crippen molar-refractivity contribution in [1.29, 1.82) is 0 Å². The summed E-state index contributed by atoms with van der Waals surface area (Å²) in [4.78, 5) is 11.1. The van der Waals surface area contributed by atoms with E-state index in [0.29, 0.717) is 12.5 Å². The van der Waals surface area contributed by atoms with Gasteiger partial charge < -0.3 is 14.6 Å². The Kier molecular flexibility index (Phi) is 4.84. The average Bonchev–Trinajstić information content (AvgIpc) is 3.06. The molecule has 120 valence electrons. The molecule has 1 aliphatic rings. The van der Waals surface area contributed by atoms with Crippen molar-refractivity contribution in [3.63, 3.8) is 0 Å². The Hall–Kier alpha value is -2.04. The molecule has 1 atom stereocenters. The second kappa shape index (κ2) is 7.02. The fraction of sp³-hybridized carbons (Fsp3) is 0.278. The van der Waals surface area contributed by atoms with E-state index >= 15 is 0 Å². The van der Waals surface area contributed by atoms with Crippen molar-refractivity contribution >= 4 is 17.6 Å². The summed E-state index contributed by atoms with van der Waals surface area (Å²) in [5, 5.41) is 9.28. The highest BCUT2D eigenvalue weighted by molar-refractivity contribution is 6.33. The van der Waals surface area contributed by atoms with E-state index in [0.717, 1.165) is 36.5 Å². The van der Waals surface area contributed by atoms with Gasteiger partial charge in [-0.05, 0) is 30.2 Å². The van der Waals surface area contributed by atoms with E-state index in [-0.39, 0.29) is 10.6 Å². The van der Waals surface area contributed by atoms with E-state index in [1.54, 1.807) is 12.1 Å². The van der Waals surface area contributed by atoms with E-state index in [1.165, 1.54) is 6.07 Å². The average molecular weight is 333 g/mol.